The van der Waals surface area contributed by atoms with Gasteiger partial charge in [-0.1, -0.05) is 44.4 Å². The van der Waals surface area contributed by atoms with Crippen molar-refractivity contribution in [1.82, 2.24) is 4.98 Å². The van der Waals surface area contributed by atoms with E-state index in [2.05, 4.69) is 31.1 Å². The van der Waals surface area contributed by atoms with Crippen molar-refractivity contribution in [2.24, 2.45) is 0 Å². The number of amides is 1. The van der Waals surface area contributed by atoms with Crippen molar-refractivity contribution in [3.05, 3.63) is 53.9 Å². The Hall–Kier alpha value is -2.10. The highest BCUT2D eigenvalue weighted by molar-refractivity contribution is 6.32. The van der Waals surface area contributed by atoms with Crippen molar-refractivity contribution in [2.75, 3.05) is 5.32 Å². The van der Waals surface area contributed by atoms with E-state index in [1.54, 1.807) is 12.1 Å². The molecular formula is C16H17BN2O. The molecule has 20 heavy (non-hydrogen) atoms. The Balaban J connectivity index is 2.10. The minimum absolute atomic E-state index is 0.0983. The van der Waals surface area contributed by atoms with Crippen molar-refractivity contribution >= 4 is 24.9 Å². The smallest absolute Gasteiger partial charge is 0.274 e. The zero-order chi connectivity index (χ0) is 14.8. The predicted octanol–water partition coefficient (Wildman–Crippen LogP) is 2.43. The fourth-order valence-corrected chi connectivity index (χ4v) is 1.79. The summed E-state index contributed by atoms with van der Waals surface area (Å²) in [5, 5.41) is 2.81. The first kappa shape index (κ1) is 14.3. The van der Waals surface area contributed by atoms with Gasteiger partial charge in [0.05, 0.1) is 0 Å². The van der Waals surface area contributed by atoms with Crippen molar-refractivity contribution in [3.63, 3.8) is 0 Å². The Kier molecular flexibility index (Phi) is 3.93. The number of aromatic nitrogens is 1. The van der Waals surface area contributed by atoms with Gasteiger partial charge in [0, 0.05) is 11.9 Å². The number of hydrogen-bond donors (Lipinski definition) is 1. The van der Waals surface area contributed by atoms with Gasteiger partial charge < -0.3 is 5.32 Å². The lowest BCUT2D eigenvalue weighted by molar-refractivity contribution is 0.102. The van der Waals surface area contributed by atoms with Crippen LogP contribution >= 0.6 is 0 Å². The molecule has 2 rings (SSSR count). The van der Waals surface area contributed by atoms with Crippen molar-refractivity contribution < 1.29 is 4.79 Å². The molecule has 1 amide bonds. The number of nitrogens with zero attached hydrogens (tertiary/aromatic N) is 1. The molecule has 0 atom stereocenters. The molecule has 0 aliphatic rings. The molecule has 0 bridgehead atoms. The van der Waals surface area contributed by atoms with Crippen LogP contribution < -0.4 is 10.8 Å². The summed E-state index contributed by atoms with van der Waals surface area (Å²) in [6.45, 7) is 6.46. The quantitative estimate of drug-likeness (QED) is 0.846. The van der Waals surface area contributed by atoms with Gasteiger partial charge >= 0.3 is 0 Å². The van der Waals surface area contributed by atoms with Gasteiger partial charge in [0.1, 0.15) is 13.5 Å². The van der Waals surface area contributed by atoms with Crippen LogP contribution in [0.2, 0.25) is 0 Å². The molecule has 0 aliphatic heterocycles. The summed E-state index contributed by atoms with van der Waals surface area (Å²) in [4.78, 5) is 16.0. The van der Waals surface area contributed by atoms with E-state index >= 15 is 0 Å². The number of pyridine rings is 1. The molecule has 1 aromatic heterocycles. The molecule has 0 saturated carbocycles. The number of hydrogen-bond acceptors (Lipinski definition) is 2. The third-order valence-corrected chi connectivity index (χ3v) is 3.03. The number of rotatable bonds is 2. The molecule has 0 fully saturated rings. The Morgan fingerprint density at radius 1 is 1.10 bits per heavy atom. The third kappa shape index (κ3) is 3.47. The van der Waals surface area contributed by atoms with Gasteiger partial charge in [0.25, 0.3) is 5.91 Å². The summed E-state index contributed by atoms with van der Waals surface area (Å²) in [5.41, 5.74) is 2.96. The molecule has 2 aromatic rings. The molecule has 4 heteroatoms. The average molecular weight is 264 g/mol. The second-order valence-electron chi connectivity index (χ2n) is 5.76. The summed E-state index contributed by atoms with van der Waals surface area (Å²) in [6.07, 6.45) is 1.47. The summed E-state index contributed by atoms with van der Waals surface area (Å²) in [6, 6.07) is 11.1. The molecule has 1 N–H and O–H groups in total. The van der Waals surface area contributed by atoms with Crippen molar-refractivity contribution in [1.29, 1.82) is 0 Å². The number of carbonyl (C=O) groups excluding carboxylic acids is 1. The van der Waals surface area contributed by atoms with Crippen LogP contribution in [-0.2, 0) is 5.41 Å². The van der Waals surface area contributed by atoms with E-state index in [0.717, 1.165) is 5.69 Å². The van der Waals surface area contributed by atoms with E-state index in [4.69, 9.17) is 7.85 Å². The molecule has 0 spiro atoms. The SMILES string of the molecule is [B]c1ccc(C(=O)Nc2ccc(C(C)(C)C)cc2)nc1. The van der Waals surface area contributed by atoms with E-state index in [1.165, 1.54) is 11.8 Å². The Bertz CT molecular complexity index is 598. The summed E-state index contributed by atoms with van der Waals surface area (Å²) < 4.78 is 0. The second kappa shape index (κ2) is 5.49. The van der Waals surface area contributed by atoms with E-state index in [-0.39, 0.29) is 11.3 Å². The van der Waals surface area contributed by atoms with E-state index in [1.807, 2.05) is 24.3 Å². The van der Waals surface area contributed by atoms with Crippen LogP contribution in [0.15, 0.2) is 42.6 Å². The van der Waals surface area contributed by atoms with Crippen LogP contribution in [0.4, 0.5) is 5.69 Å². The maximum absolute atomic E-state index is 12.0. The Labute approximate surface area is 120 Å². The van der Waals surface area contributed by atoms with Gasteiger partial charge in [-0.3, -0.25) is 9.78 Å². The fourth-order valence-electron chi connectivity index (χ4n) is 1.79. The first-order chi connectivity index (χ1) is 9.36. The predicted molar refractivity (Wildman–Crippen MR) is 82.7 cm³/mol. The summed E-state index contributed by atoms with van der Waals surface area (Å²) in [7, 11) is 5.54. The van der Waals surface area contributed by atoms with E-state index in [9.17, 15) is 4.79 Å². The minimum atomic E-state index is -0.242. The number of benzene rings is 1. The molecule has 3 nitrogen and oxygen atoms in total. The first-order valence-corrected chi connectivity index (χ1v) is 6.50. The zero-order valence-corrected chi connectivity index (χ0v) is 12.0. The molecule has 100 valence electrons. The Morgan fingerprint density at radius 3 is 2.25 bits per heavy atom. The van der Waals surface area contributed by atoms with Gasteiger partial charge in [0.2, 0.25) is 0 Å². The third-order valence-electron chi connectivity index (χ3n) is 3.03. The van der Waals surface area contributed by atoms with Crippen LogP contribution in [-0.4, -0.2) is 18.7 Å². The maximum Gasteiger partial charge on any atom is 0.274 e. The molecule has 0 unspecified atom stereocenters. The molecule has 1 heterocycles. The average Bonchev–Trinajstić information content (AvgIpc) is 2.39. The van der Waals surface area contributed by atoms with Crippen LogP contribution in [0, 0.1) is 0 Å². The monoisotopic (exact) mass is 264 g/mol. The number of nitrogens with one attached hydrogen (secondary N) is 1. The lowest BCUT2D eigenvalue weighted by Gasteiger charge is -2.19. The molecule has 1 aromatic carbocycles. The van der Waals surface area contributed by atoms with Gasteiger partial charge in [-0.05, 0) is 29.2 Å². The normalized spacial score (nSPS) is 11.2. The molecular weight excluding hydrogens is 247 g/mol. The Morgan fingerprint density at radius 2 is 1.75 bits per heavy atom. The highest BCUT2D eigenvalue weighted by Gasteiger charge is 2.13. The van der Waals surface area contributed by atoms with Crippen molar-refractivity contribution in [3.8, 4) is 0 Å². The lowest BCUT2D eigenvalue weighted by Crippen LogP contribution is -2.16. The fraction of sp³-hybridized carbons (Fsp3) is 0.250. The largest absolute Gasteiger partial charge is 0.321 e. The highest BCUT2D eigenvalue weighted by Crippen LogP contribution is 2.23. The summed E-state index contributed by atoms with van der Waals surface area (Å²) in [5.74, 6) is -0.242. The standard InChI is InChI=1S/C16H17BN2O/c1-16(2,3)11-4-7-13(8-5-11)19-15(20)14-9-6-12(17)10-18-14/h4-10H,1-3H3,(H,19,20). The van der Waals surface area contributed by atoms with E-state index in [0.29, 0.717) is 11.2 Å². The molecule has 2 radical (unpaired) electrons. The summed E-state index contributed by atoms with van der Waals surface area (Å²) >= 11 is 0. The van der Waals surface area contributed by atoms with E-state index < -0.39 is 0 Å². The van der Waals surface area contributed by atoms with Crippen LogP contribution in [0.25, 0.3) is 0 Å². The van der Waals surface area contributed by atoms with Crippen molar-refractivity contribution in [2.45, 2.75) is 26.2 Å². The molecule has 0 aliphatic carbocycles. The van der Waals surface area contributed by atoms with Crippen LogP contribution in [0.3, 0.4) is 0 Å². The topological polar surface area (TPSA) is 42.0 Å². The van der Waals surface area contributed by atoms with Crippen LogP contribution in [0.5, 0.6) is 0 Å². The van der Waals surface area contributed by atoms with Gasteiger partial charge in [0.15, 0.2) is 0 Å². The van der Waals surface area contributed by atoms with Crippen LogP contribution in [0.1, 0.15) is 36.8 Å². The second-order valence-corrected chi connectivity index (χ2v) is 5.76. The number of carbonyl (C=O) groups is 1. The lowest BCUT2D eigenvalue weighted by atomic mass is 9.87. The molecule has 0 saturated heterocycles. The first-order valence-electron chi connectivity index (χ1n) is 6.50. The zero-order valence-electron chi connectivity index (χ0n) is 12.0. The maximum atomic E-state index is 12.0. The van der Waals surface area contributed by atoms with Gasteiger partial charge in [-0.15, -0.1) is 0 Å². The highest BCUT2D eigenvalue weighted by atomic mass is 16.1. The van der Waals surface area contributed by atoms with Gasteiger partial charge in [-0.2, -0.15) is 0 Å². The number of anilines is 1. The minimum Gasteiger partial charge on any atom is -0.321 e. The van der Waals surface area contributed by atoms with Gasteiger partial charge in [-0.25, -0.2) is 0 Å².